The number of rotatable bonds is 1. The largest absolute Gasteiger partial charge is 0.0856 e. The van der Waals surface area contributed by atoms with E-state index in [0.717, 1.165) is 0 Å². The Labute approximate surface area is 77.1 Å². The van der Waals surface area contributed by atoms with Crippen molar-refractivity contribution in [2.24, 2.45) is 5.41 Å². The van der Waals surface area contributed by atoms with E-state index in [-0.39, 0.29) is 0 Å². The summed E-state index contributed by atoms with van der Waals surface area (Å²) in [4.78, 5) is 0. The first-order valence-electron chi connectivity index (χ1n) is 5.32. The fraction of sp³-hybridized carbons (Fsp3) is 0.833. The van der Waals surface area contributed by atoms with Crippen LogP contribution in [0.3, 0.4) is 0 Å². The predicted molar refractivity (Wildman–Crippen MR) is 55.2 cm³/mol. The Bertz CT molecular complexity index is 163. The van der Waals surface area contributed by atoms with E-state index >= 15 is 0 Å². The highest BCUT2D eigenvalue weighted by Gasteiger charge is 2.20. The lowest BCUT2D eigenvalue weighted by Gasteiger charge is -2.21. The summed E-state index contributed by atoms with van der Waals surface area (Å²) in [5.41, 5.74) is 2.31. The van der Waals surface area contributed by atoms with Crippen LogP contribution in [0.2, 0.25) is 0 Å². The van der Waals surface area contributed by atoms with Crippen LogP contribution in [0.1, 0.15) is 59.3 Å². The van der Waals surface area contributed by atoms with Gasteiger partial charge in [0.05, 0.1) is 0 Å². The first-order chi connectivity index (χ1) is 5.64. The topological polar surface area (TPSA) is 0 Å². The molecule has 12 heavy (non-hydrogen) atoms. The van der Waals surface area contributed by atoms with Gasteiger partial charge in [-0.3, -0.25) is 0 Å². The average Bonchev–Trinajstić information content (AvgIpc) is 2.14. The van der Waals surface area contributed by atoms with Gasteiger partial charge in [0, 0.05) is 0 Å². The van der Waals surface area contributed by atoms with Crippen molar-refractivity contribution in [2.75, 3.05) is 0 Å². The molecule has 0 aromatic heterocycles. The zero-order valence-electron chi connectivity index (χ0n) is 8.82. The fourth-order valence-corrected chi connectivity index (χ4v) is 2.04. The minimum Gasteiger partial charge on any atom is -0.0856 e. The Hall–Kier alpha value is -0.260. The first kappa shape index (κ1) is 9.83. The Kier molecular flexibility index (Phi) is 3.37. The van der Waals surface area contributed by atoms with Gasteiger partial charge in [-0.2, -0.15) is 0 Å². The summed E-state index contributed by atoms with van der Waals surface area (Å²) in [7, 11) is 0. The third kappa shape index (κ3) is 3.00. The summed E-state index contributed by atoms with van der Waals surface area (Å²) >= 11 is 0. The Morgan fingerprint density at radius 1 is 1.25 bits per heavy atom. The number of hydrogen-bond donors (Lipinski definition) is 0. The van der Waals surface area contributed by atoms with Crippen LogP contribution in [0.5, 0.6) is 0 Å². The van der Waals surface area contributed by atoms with Crippen LogP contribution in [0.4, 0.5) is 0 Å². The van der Waals surface area contributed by atoms with Crippen LogP contribution in [0, 0.1) is 5.41 Å². The van der Waals surface area contributed by atoms with Gasteiger partial charge in [0.1, 0.15) is 0 Å². The van der Waals surface area contributed by atoms with Gasteiger partial charge in [0.2, 0.25) is 0 Å². The van der Waals surface area contributed by atoms with Crippen molar-refractivity contribution >= 4 is 0 Å². The summed E-state index contributed by atoms with van der Waals surface area (Å²) in [5, 5.41) is 0. The van der Waals surface area contributed by atoms with Gasteiger partial charge in [-0.05, 0) is 43.9 Å². The summed E-state index contributed by atoms with van der Waals surface area (Å²) in [6.07, 6.45) is 10.6. The molecule has 1 fully saturated rings. The fourth-order valence-electron chi connectivity index (χ4n) is 2.04. The molecule has 1 saturated carbocycles. The molecule has 1 aliphatic rings. The highest BCUT2D eigenvalue weighted by Crippen LogP contribution is 2.35. The molecule has 0 aliphatic heterocycles. The van der Waals surface area contributed by atoms with Gasteiger partial charge in [-0.15, -0.1) is 0 Å². The summed E-state index contributed by atoms with van der Waals surface area (Å²) in [5.74, 6) is 0. The molecule has 0 heterocycles. The molecular weight excluding hydrogens is 144 g/mol. The van der Waals surface area contributed by atoms with Gasteiger partial charge < -0.3 is 0 Å². The average molecular weight is 166 g/mol. The Balaban J connectivity index is 2.50. The molecule has 0 N–H and O–H groups in total. The standard InChI is InChI=1S/C12H22/c1-4-6-11-7-5-9-12(2,3)10-8-11/h6H,4-5,7-10H2,1-3H3/b11-6+. The van der Waals surface area contributed by atoms with E-state index in [0.29, 0.717) is 5.41 Å². The highest BCUT2D eigenvalue weighted by molar-refractivity contribution is 5.04. The SMILES string of the molecule is CC/C=C1\CCCC(C)(C)CC1. The molecule has 0 atom stereocenters. The normalized spacial score (nSPS) is 27.1. The van der Waals surface area contributed by atoms with Crippen LogP contribution in [-0.4, -0.2) is 0 Å². The molecule has 0 bridgehead atoms. The maximum atomic E-state index is 2.43. The second-order valence-corrected chi connectivity index (χ2v) is 4.79. The van der Waals surface area contributed by atoms with Gasteiger partial charge >= 0.3 is 0 Å². The van der Waals surface area contributed by atoms with Crippen LogP contribution >= 0.6 is 0 Å². The molecule has 70 valence electrons. The van der Waals surface area contributed by atoms with Crippen molar-refractivity contribution in [2.45, 2.75) is 59.3 Å². The molecule has 1 aliphatic carbocycles. The molecule has 1 rings (SSSR count). The second kappa shape index (κ2) is 4.11. The van der Waals surface area contributed by atoms with E-state index in [4.69, 9.17) is 0 Å². The first-order valence-corrected chi connectivity index (χ1v) is 5.32. The molecule has 0 unspecified atom stereocenters. The highest BCUT2D eigenvalue weighted by atomic mass is 14.3. The maximum absolute atomic E-state index is 2.43. The van der Waals surface area contributed by atoms with Gasteiger partial charge in [0.25, 0.3) is 0 Å². The Morgan fingerprint density at radius 2 is 2.00 bits per heavy atom. The van der Waals surface area contributed by atoms with Gasteiger partial charge in [0.15, 0.2) is 0 Å². The van der Waals surface area contributed by atoms with E-state index in [9.17, 15) is 0 Å². The van der Waals surface area contributed by atoms with E-state index < -0.39 is 0 Å². The van der Waals surface area contributed by atoms with Crippen molar-refractivity contribution in [3.63, 3.8) is 0 Å². The zero-order valence-corrected chi connectivity index (χ0v) is 8.82. The second-order valence-electron chi connectivity index (χ2n) is 4.79. The van der Waals surface area contributed by atoms with Crippen molar-refractivity contribution in [1.29, 1.82) is 0 Å². The number of hydrogen-bond acceptors (Lipinski definition) is 0. The molecule has 0 aromatic carbocycles. The number of allylic oxidation sites excluding steroid dienone is 2. The molecule has 0 heteroatoms. The lowest BCUT2D eigenvalue weighted by atomic mass is 9.85. The lowest BCUT2D eigenvalue weighted by Crippen LogP contribution is -2.08. The van der Waals surface area contributed by atoms with Crippen molar-refractivity contribution in [1.82, 2.24) is 0 Å². The van der Waals surface area contributed by atoms with Crippen LogP contribution in [-0.2, 0) is 0 Å². The van der Waals surface area contributed by atoms with E-state index in [1.54, 1.807) is 5.57 Å². The minimum atomic E-state index is 0.601. The molecular formula is C12H22. The molecule has 0 aromatic rings. The Morgan fingerprint density at radius 3 is 2.67 bits per heavy atom. The van der Waals surface area contributed by atoms with Crippen LogP contribution in [0.15, 0.2) is 11.6 Å². The molecule has 0 nitrogen and oxygen atoms in total. The third-order valence-corrected chi connectivity index (χ3v) is 2.97. The van der Waals surface area contributed by atoms with Gasteiger partial charge in [-0.25, -0.2) is 0 Å². The predicted octanol–water partition coefficient (Wildman–Crippen LogP) is 4.31. The molecule has 0 saturated heterocycles. The van der Waals surface area contributed by atoms with Gasteiger partial charge in [-0.1, -0.05) is 32.4 Å². The van der Waals surface area contributed by atoms with Crippen molar-refractivity contribution < 1.29 is 0 Å². The minimum absolute atomic E-state index is 0.601. The van der Waals surface area contributed by atoms with Crippen LogP contribution < -0.4 is 0 Å². The van der Waals surface area contributed by atoms with Crippen LogP contribution in [0.25, 0.3) is 0 Å². The van der Waals surface area contributed by atoms with E-state index in [1.165, 1.54) is 38.5 Å². The summed E-state index contributed by atoms with van der Waals surface area (Å²) in [6.45, 7) is 7.05. The van der Waals surface area contributed by atoms with Crippen molar-refractivity contribution in [3.8, 4) is 0 Å². The summed E-state index contributed by atoms with van der Waals surface area (Å²) < 4.78 is 0. The zero-order chi connectivity index (χ0) is 9.03. The monoisotopic (exact) mass is 166 g/mol. The summed E-state index contributed by atoms with van der Waals surface area (Å²) in [6, 6.07) is 0. The van der Waals surface area contributed by atoms with Crippen molar-refractivity contribution in [3.05, 3.63) is 11.6 Å². The maximum Gasteiger partial charge on any atom is -0.0315 e. The van der Waals surface area contributed by atoms with E-state index in [1.807, 2.05) is 0 Å². The molecule has 0 spiro atoms. The van der Waals surface area contributed by atoms with E-state index in [2.05, 4.69) is 26.8 Å². The molecule has 0 amide bonds. The lowest BCUT2D eigenvalue weighted by molar-refractivity contribution is 0.316. The third-order valence-electron chi connectivity index (χ3n) is 2.97. The molecule has 0 radical (unpaired) electrons. The smallest absolute Gasteiger partial charge is 0.0315 e. The quantitative estimate of drug-likeness (QED) is 0.402.